The van der Waals surface area contributed by atoms with E-state index in [1.807, 2.05) is 6.07 Å². The molecule has 0 bridgehead atoms. The van der Waals surface area contributed by atoms with Crippen molar-refractivity contribution in [3.63, 3.8) is 0 Å². The highest BCUT2D eigenvalue weighted by molar-refractivity contribution is 8.00. The van der Waals surface area contributed by atoms with Gasteiger partial charge in [-0.3, -0.25) is 0 Å². The van der Waals surface area contributed by atoms with Crippen LogP contribution in [0.2, 0.25) is 0 Å². The molecule has 0 aromatic heterocycles. The van der Waals surface area contributed by atoms with E-state index in [9.17, 15) is 13.2 Å². The van der Waals surface area contributed by atoms with E-state index in [0.29, 0.717) is 0 Å². The Morgan fingerprint density at radius 2 is 1.88 bits per heavy atom. The highest BCUT2D eigenvalue weighted by Crippen LogP contribution is 2.37. The Morgan fingerprint density at radius 1 is 1.18 bits per heavy atom. The molecule has 0 spiro atoms. The Kier molecular flexibility index (Phi) is 3.83. The largest absolute Gasteiger partial charge is 0.446 e. The van der Waals surface area contributed by atoms with E-state index in [2.05, 4.69) is 10.2 Å². The van der Waals surface area contributed by atoms with Crippen molar-refractivity contribution < 1.29 is 13.2 Å². The second-order valence-corrected chi connectivity index (χ2v) is 4.92. The molecule has 0 atom stereocenters. The Balaban J connectivity index is 2.10. The lowest BCUT2D eigenvalue weighted by Gasteiger charge is -2.29. The third kappa shape index (κ3) is 3.81. The number of hydrogen-bond donors (Lipinski definition) is 1. The molecule has 2 rings (SSSR count). The number of alkyl halides is 3. The summed E-state index contributed by atoms with van der Waals surface area (Å²) in [7, 11) is 0. The first-order valence-electron chi connectivity index (χ1n) is 5.36. The van der Waals surface area contributed by atoms with Gasteiger partial charge in [0.25, 0.3) is 0 Å². The van der Waals surface area contributed by atoms with Crippen LogP contribution in [0, 0.1) is 0 Å². The molecule has 0 unspecified atom stereocenters. The molecule has 0 radical (unpaired) electrons. The summed E-state index contributed by atoms with van der Waals surface area (Å²) in [6.07, 6.45) is 0. The number of benzene rings is 1. The third-order valence-electron chi connectivity index (χ3n) is 2.53. The zero-order valence-electron chi connectivity index (χ0n) is 9.13. The number of piperazine rings is 1. The number of hydrogen-bond acceptors (Lipinski definition) is 3. The summed E-state index contributed by atoms with van der Waals surface area (Å²) in [5.74, 6) is 0. The number of thioether (sulfide) groups is 1. The molecule has 0 saturated carbocycles. The molecule has 0 aliphatic carbocycles. The van der Waals surface area contributed by atoms with E-state index in [1.54, 1.807) is 12.1 Å². The fourth-order valence-corrected chi connectivity index (χ4v) is 2.39. The molecule has 94 valence electrons. The molecule has 1 heterocycles. The average molecular weight is 262 g/mol. The Labute approximate surface area is 102 Å². The van der Waals surface area contributed by atoms with E-state index in [1.165, 1.54) is 6.07 Å². The molecule has 17 heavy (non-hydrogen) atoms. The second kappa shape index (κ2) is 5.18. The van der Waals surface area contributed by atoms with Crippen LogP contribution in [0.3, 0.4) is 0 Å². The fourth-order valence-electron chi connectivity index (χ4n) is 1.80. The highest BCUT2D eigenvalue weighted by atomic mass is 32.2. The summed E-state index contributed by atoms with van der Waals surface area (Å²) in [4.78, 5) is 2.34. The predicted octanol–water partition coefficient (Wildman–Crippen LogP) is 2.71. The van der Waals surface area contributed by atoms with Crippen LogP contribution in [0.1, 0.15) is 0 Å². The summed E-state index contributed by atoms with van der Waals surface area (Å²) in [6, 6.07) is 6.62. The highest BCUT2D eigenvalue weighted by Gasteiger charge is 2.29. The van der Waals surface area contributed by atoms with Crippen molar-refractivity contribution in [1.82, 2.24) is 5.32 Å². The normalized spacial score (nSPS) is 17.2. The lowest BCUT2D eigenvalue weighted by atomic mass is 10.2. The van der Waals surface area contributed by atoms with E-state index in [-0.39, 0.29) is 16.7 Å². The maximum Gasteiger partial charge on any atom is 0.446 e. The number of nitrogens with zero attached hydrogens (tertiary/aromatic N) is 1. The van der Waals surface area contributed by atoms with Crippen LogP contribution < -0.4 is 10.2 Å². The fraction of sp³-hybridized carbons (Fsp3) is 0.455. The summed E-state index contributed by atoms with van der Waals surface area (Å²) in [5, 5.41) is 3.21. The maximum absolute atomic E-state index is 12.3. The minimum atomic E-state index is -4.22. The van der Waals surface area contributed by atoms with Gasteiger partial charge in [-0.2, -0.15) is 13.2 Å². The molecule has 6 heteroatoms. The van der Waals surface area contributed by atoms with Gasteiger partial charge in [0, 0.05) is 36.8 Å². The van der Waals surface area contributed by atoms with Gasteiger partial charge in [0.05, 0.1) is 0 Å². The van der Waals surface area contributed by atoms with Crippen LogP contribution in [-0.2, 0) is 0 Å². The topological polar surface area (TPSA) is 15.3 Å². The Morgan fingerprint density at radius 3 is 2.53 bits per heavy atom. The van der Waals surface area contributed by atoms with Crippen LogP contribution >= 0.6 is 11.8 Å². The lowest BCUT2D eigenvalue weighted by Crippen LogP contribution is -2.43. The number of rotatable bonds is 2. The van der Waals surface area contributed by atoms with E-state index >= 15 is 0 Å². The van der Waals surface area contributed by atoms with E-state index in [4.69, 9.17) is 0 Å². The molecule has 1 aromatic rings. The molecule has 1 aliphatic heterocycles. The van der Waals surface area contributed by atoms with Crippen molar-refractivity contribution in [1.29, 1.82) is 0 Å². The standard InChI is InChI=1S/C11H13F3N2S/c12-11(13,14)17-10-3-1-2-9(8-10)16-6-4-15-5-7-16/h1-3,8,15H,4-7H2. The van der Waals surface area contributed by atoms with Crippen LogP contribution in [0.15, 0.2) is 29.2 Å². The van der Waals surface area contributed by atoms with Crippen molar-refractivity contribution in [3.05, 3.63) is 24.3 Å². The molecule has 1 fully saturated rings. The molecule has 1 aliphatic rings. The molecule has 1 N–H and O–H groups in total. The van der Waals surface area contributed by atoms with Crippen LogP contribution in [0.5, 0.6) is 0 Å². The van der Waals surface area contributed by atoms with Gasteiger partial charge in [-0.1, -0.05) is 6.07 Å². The van der Waals surface area contributed by atoms with Crippen molar-refractivity contribution >= 4 is 17.4 Å². The van der Waals surface area contributed by atoms with Crippen LogP contribution in [0.25, 0.3) is 0 Å². The van der Waals surface area contributed by atoms with Crippen LogP contribution in [-0.4, -0.2) is 31.7 Å². The Bertz CT molecular complexity index is 375. The molecule has 0 amide bonds. The van der Waals surface area contributed by atoms with Crippen molar-refractivity contribution in [2.24, 2.45) is 0 Å². The smallest absolute Gasteiger partial charge is 0.369 e. The van der Waals surface area contributed by atoms with Crippen molar-refractivity contribution in [3.8, 4) is 0 Å². The van der Waals surface area contributed by atoms with Crippen molar-refractivity contribution in [2.45, 2.75) is 10.4 Å². The molecular formula is C11H13F3N2S. The maximum atomic E-state index is 12.3. The Hall–Kier alpha value is -0.880. The molecular weight excluding hydrogens is 249 g/mol. The zero-order valence-corrected chi connectivity index (χ0v) is 9.94. The monoisotopic (exact) mass is 262 g/mol. The van der Waals surface area contributed by atoms with E-state index in [0.717, 1.165) is 31.9 Å². The summed E-state index contributed by atoms with van der Waals surface area (Å²) in [5.41, 5.74) is -3.36. The first kappa shape index (κ1) is 12.6. The zero-order chi connectivity index (χ0) is 12.3. The number of nitrogens with one attached hydrogen (secondary N) is 1. The molecule has 2 nitrogen and oxygen atoms in total. The second-order valence-electron chi connectivity index (χ2n) is 3.78. The molecule has 1 aromatic carbocycles. The van der Waals surface area contributed by atoms with Gasteiger partial charge in [0.1, 0.15) is 0 Å². The van der Waals surface area contributed by atoms with Gasteiger partial charge in [-0.15, -0.1) is 0 Å². The van der Waals surface area contributed by atoms with Crippen molar-refractivity contribution in [2.75, 3.05) is 31.1 Å². The van der Waals surface area contributed by atoms with Gasteiger partial charge in [-0.25, -0.2) is 0 Å². The van der Waals surface area contributed by atoms with Gasteiger partial charge >= 0.3 is 5.51 Å². The van der Waals surface area contributed by atoms with Gasteiger partial charge in [-0.05, 0) is 30.0 Å². The molecule has 1 saturated heterocycles. The van der Waals surface area contributed by atoms with Crippen LogP contribution in [0.4, 0.5) is 18.9 Å². The first-order valence-corrected chi connectivity index (χ1v) is 6.18. The first-order chi connectivity index (χ1) is 8.04. The lowest BCUT2D eigenvalue weighted by molar-refractivity contribution is -0.0328. The minimum Gasteiger partial charge on any atom is -0.369 e. The van der Waals surface area contributed by atoms with Gasteiger partial charge in [0.15, 0.2) is 0 Å². The summed E-state index contributed by atoms with van der Waals surface area (Å²) >= 11 is -0.0634. The third-order valence-corrected chi connectivity index (χ3v) is 3.25. The van der Waals surface area contributed by atoms with Gasteiger partial charge < -0.3 is 10.2 Å². The predicted molar refractivity (Wildman–Crippen MR) is 63.4 cm³/mol. The number of anilines is 1. The SMILES string of the molecule is FC(F)(F)Sc1cccc(N2CCNCC2)c1. The van der Waals surface area contributed by atoms with Gasteiger partial charge in [0.2, 0.25) is 0 Å². The quantitative estimate of drug-likeness (QED) is 0.825. The minimum absolute atomic E-state index is 0.0634. The summed E-state index contributed by atoms with van der Waals surface area (Å²) in [6.45, 7) is 3.41. The summed E-state index contributed by atoms with van der Waals surface area (Å²) < 4.78 is 36.8. The van der Waals surface area contributed by atoms with E-state index < -0.39 is 5.51 Å². The number of halogens is 3. The average Bonchev–Trinajstić information content (AvgIpc) is 2.28.